The van der Waals surface area contributed by atoms with Crippen molar-refractivity contribution in [2.24, 2.45) is 5.73 Å². The van der Waals surface area contributed by atoms with Crippen LogP contribution in [-0.2, 0) is 11.3 Å². The van der Waals surface area contributed by atoms with Crippen LogP contribution in [0.15, 0.2) is 53.0 Å². The lowest BCUT2D eigenvalue weighted by molar-refractivity contribution is -0.119. The van der Waals surface area contributed by atoms with Crippen molar-refractivity contribution in [3.63, 3.8) is 0 Å². The average Bonchev–Trinajstić information content (AvgIpc) is 2.51. The molecule has 2 rings (SSSR count). The van der Waals surface area contributed by atoms with Gasteiger partial charge in [0, 0.05) is 17.1 Å². The smallest absolute Gasteiger partial charge is 0.255 e. The Morgan fingerprint density at radius 2 is 2.00 bits per heavy atom. The first-order chi connectivity index (χ1) is 10.5. The second-order valence-corrected chi connectivity index (χ2v) is 5.97. The second-order valence-electron chi connectivity index (χ2n) is 5.06. The van der Waals surface area contributed by atoms with Gasteiger partial charge in [-0.2, -0.15) is 0 Å². The Hall–Kier alpha value is -1.85. The van der Waals surface area contributed by atoms with Crippen LogP contribution < -0.4 is 15.8 Å². The lowest BCUT2D eigenvalue weighted by Crippen LogP contribution is -2.20. The molecule has 0 radical (unpaired) electrons. The molecule has 1 atom stereocenters. The van der Waals surface area contributed by atoms with Crippen LogP contribution in [0.5, 0.6) is 5.75 Å². The Balaban J connectivity index is 1.87. The Morgan fingerprint density at radius 1 is 1.27 bits per heavy atom. The van der Waals surface area contributed by atoms with Crippen LogP contribution in [0.25, 0.3) is 0 Å². The molecule has 22 heavy (non-hydrogen) atoms. The van der Waals surface area contributed by atoms with Crippen LogP contribution in [0, 0.1) is 0 Å². The minimum Gasteiger partial charge on any atom is -0.484 e. The van der Waals surface area contributed by atoms with Gasteiger partial charge in [0.05, 0.1) is 0 Å². The molecule has 2 aromatic carbocycles. The monoisotopic (exact) mass is 362 g/mol. The van der Waals surface area contributed by atoms with Gasteiger partial charge in [-0.15, -0.1) is 0 Å². The summed E-state index contributed by atoms with van der Waals surface area (Å²) >= 11 is 3.48. The molecule has 0 saturated heterocycles. The van der Waals surface area contributed by atoms with Crippen LogP contribution in [0.4, 0.5) is 0 Å². The van der Waals surface area contributed by atoms with Gasteiger partial charge in [0.2, 0.25) is 0 Å². The number of rotatable bonds is 7. The Labute approximate surface area is 138 Å². The molecule has 0 aliphatic carbocycles. The maximum Gasteiger partial charge on any atom is 0.255 e. The molecule has 116 valence electrons. The van der Waals surface area contributed by atoms with Gasteiger partial charge in [-0.1, -0.05) is 40.2 Å². The number of halogens is 1. The van der Waals surface area contributed by atoms with E-state index in [-0.39, 0.29) is 12.6 Å². The molecule has 3 N–H and O–H groups in total. The zero-order valence-electron chi connectivity index (χ0n) is 12.4. The molecule has 0 aliphatic rings. The van der Waals surface area contributed by atoms with Crippen molar-refractivity contribution >= 4 is 21.8 Å². The maximum atomic E-state index is 10.7. The van der Waals surface area contributed by atoms with E-state index < -0.39 is 5.91 Å². The first-order valence-corrected chi connectivity index (χ1v) is 7.83. The zero-order valence-corrected chi connectivity index (χ0v) is 14.0. The largest absolute Gasteiger partial charge is 0.484 e. The third-order valence-corrected chi connectivity index (χ3v) is 3.76. The predicted molar refractivity (Wildman–Crippen MR) is 90.5 cm³/mol. The van der Waals surface area contributed by atoms with Crippen molar-refractivity contribution in [2.75, 3.05) is 6.61 Å². The third kappa shape index (κ3) is 5.16. The Kier molecular flexibility index (Phi) is 5.98. The predicted octanol–water partition coefficient (Wildman–Crippen LogP) is 3.16. The molecule has 1 amide bonds. The van der Waals surface area contributed by atoms with Crippen molar-refractivity contribution in [1.82, 2.24) is 5.32 Å². The third-order valence-electron chi connectivity index (χ3n) is 3.27. The number of carbonyl (C=O) groups is 1. The minimum atomic E-state index is -0.478. The van der Waals surface area contributed by atoms with E-state index in [1.165, 1.54) is 5.56 Å². The lowest BCUT2D eigenvalue weighted by atomic mass is 10.1. The molecule has 0 spiro atoms. The van der Waals surface area contributed by atoms with E-state index in [0.717, 1.165) is 16.6 Å². The van der Waals surface area contributed by atoms with E-state index >= 15 is 0 Å². The topological polar surface area (TPSA) is 64.3 Å². The van der Waals surface area contributed by atoms with Gasteiger partial charge >= 0.3 is 0 Å². The van der Waals surface area contributed by atoms with Crippen LogP contribution in [-0.4, -0.2) is 12.5 Å². The molecule has 0 aromatic heterocycles. The number of hydrogen-bond donors (Lipinski definition) is 2. The highest BCUT2D eigenvalue weighted by Crippen LogP contribution is 2.18. The highest BCUT2D eigenvalue weighted by molar-refractivity contribution is 9.10. The van der Waals surface area contributed by atoms with Crippen molar-refractivity contribution in [3.05, 3.63) is 64.1 Å². The number of nitrogens with one attached hydrogen (secondary N) is 1. The molecule has 4 nitrogen and oxygen atoms in total. The van der Waals surface area contributed by atoms with Crippen LogP contribution >= 0.6 is 15.9 Å². The fraction of sp³-hybridized carbons (Fsp3) is 0.235. The van der Waals surface area contributed by atoms with E-state index in [2.05, 4.69) is 40.3 Å². The number of benzene rings is 2. The summed E-state index contributed by atoms with van der Waals surface area (Å²) in [6, 6.07) is 16.1. The van der Waals surface area contributed by atoms with Crippen LogP contribution in [0.1, 0.15) is 24.1 Å². The summed E-state index contributed by atoms with van der Waals surface area (Å²) in [5.74, 6) is 0.163. The Morgan fingerprint density at radius 3 is 2.64 bits per heavy atom. The quantitative estimate of drug-likeness (QED) is 0.794. The van der Waals surface area contributed by atoms with Crippen molar-refractivity contribution in [3.8, 4) is 5.75 Å². The van der Waals surface area contributed by atoms with Crippen molar-refractivity contribution < 1.29 is 9.53 Å². The van der Waals surface area contributed by atoms with Gasteiger partial charge in [-0.3, -0.25) is 4.79 Å². The van der Waals surface area contributed by atoms with E-state index in [1.807, 2.05) is 36.4 Å². The second kappa shape index (κ2) is 7.96. The molecule has 2 aromatic rings. The van der Waals surface area contributed by atoms with Crippen molar-refractivity contribution in [2.45, 2.75) is 19.5 Å². The lowest BCUT2D eigenvalue weighted by Gasteiger charge is -2.15. The van der Waals surface area contributed by atoms with Gasteiger partial charge in [-0.25, -0.2) is 0 Å². The number of nitrogens with two attached hydrogens (primary N) is 1. The van der Waals surface area contributed by atoms with Gasteiger partial charge in [0.25, 0.3) is 5.91 Å². The molecule has 0 bridgehead atoms. The summed E-state index contributed by atoms with van der Waals surface area (Å²) in [6.45, 7) is 2.79. The molecular formula is C17H19BrN2O2. The average molecular weight is 363 g/mol. The maximum absolute atomic E-state index is 10.7. The van der Waals surface area contributed by atoms with E-state index in [0.29, 0.717) is 5.75 Å². The molecule has 0 fully saturated rings. The van der Waals surface area contributed by atoms with E-state index in [1.54, 1.807) is 0 Å². The summed E-state index contributed by atoms with van der Waals surface area (Å²) < 4.78 is 6.31. The normalized spacial score (nSPS) is 11.9. The molecule has 0 saturated carbocycles. The van der Waals surface area contributed by atoms with Crippen LogP contribution in [0.3, 0.4) is 0 Å². The molecule has 0 heterocycles. The fourth-order valence-electron chi connectivity index (χ4n) is 2.02. The molecular weight excluding hydrogens is 344 g/mol. The zero-order chi connectivity index (χ0) is 15.9. The molecule has 1 unspecified atom stereocenters. The standard InChI is InChI=1S/C17H19BrN2O2/c1-12(14-3-2-4-15(18)9-14)20-10-13-5-7-16(8-6-13)22-11-17(19)21/h2-9,12,20H,10-11H2,1H3,(H2,19,21). The summed E-state index contributed by atoms with van der Waals surface area (Å²) in [6.07, 6.45) is 0. The summed E-state index contributed by atoms with van der Waals surface area (Å²) in [4.78, 5) is 10.7. The number of ether oxygens (including phenoxy) is 1. The number of hydrogen-bond acceptors (Lipinski definition) is 3. The number of primary amides is 1. The highest BCUT2D eigenvalue weighted by Gasteiger charge is 2.05. The van der Waals surface area contributed by atoms with E-state index in [4.69, 9.17) is 10.5 Å². The fourth-order valence-corrected chi connectivity index (χ4v) is 2.44. The highest BCUT2D eigenvalue weighted by atomic mass is 79.9. The summed E-state index contributed by atoms with van der Waals surface area (Å²) in [5, 5.41) is 3.48. The summed E-state index contributed by atoms with van der Waals surface area (Å²) in [7, 11) is 0. The van der Waals surface area contributed by atoms with Gasteiger partial charge in [0.15, 0.2) is 6.61 Å². The molecule has 0 aliphatic heterocycles. The van der Waals surface area contributed by atoms with Gasteiger partial charge in [0.1, 0.15) is 5.75 Å². The molecule has 5 heteroatoms. The first-order valence-electron chi connectivity index (χ1n) is 7.03. The van der Waals surface area contributed by atoms with Gasteiger partial charge < -0.3 is 15.8 Å². The summed E-state index contributed by atoms with van der Waals surface area (Å²) in [5.41, 5.74) is 7.42. The van der Waals surface area contributed by atoms with Crippen LogP contribution in [0.2, 0.25) is 0 Å². The van der Waals surface area contributed by atoms with Crippen molar-refractivity contribution in [1.29, 1.82) is 0 Å². The van der Waals surface area contributed by atoms with E-state index in [9.17, 15) is 4.79 Å². The minimum absolute atomic E-state index is 0.0997. The first kappa shape index (κ1) is 16.5. The Bertz CT molecular complexity index is 629. The van der Waals surface area contributed by atoms with Gasteiger partial charge in [-0.05, 0) is 42.3 Å². The number of amides is 1. The number of carbonyl (C=O) groups excluding carboxylic acids is 1. The SMILES string of the molecule is CC(NCc1ccc(OCC(N)=O)cc1)c1cccc(Br)c1.